The zero-order valence-electron chi connectivity index (χ0n) is 33.7. The summed E-state index contributed by atoms with van der Waals surface area (Å²) in [4.78, 5) is 47.0. The highest BCUT2D eigenvalue weighted by molar-refractivity contribution is 8.00. The van der Waals surface area contributed by atoms with Gasteiger partial charge in [-0.2, -0.15) is 23.5 Å². The predicted octanol–water partition coefficient (Wildman–Crippen LogP) is 2.86. The fraction of sp³-hybridized carbons (Fsp3) is 0.800. The first-order valence-corrected chi connectivity index (χ1v) is 22.5. The van der Waals surface area contributed by atoms with Gasteiger partial charge >= 0.3 is 23.9 Å². The number of hydrogen-bond acceptors (Lipinski definition) is 12. The second-order valence-electron chi connectivity index (χ2n) is 17.3. The van der Waals surface area contributed by atoms with Crippen molar-refractivity contribution in [1.82, 2.24) is 21.3 Å². The Balaban J connectivity index is 1.53. The Morgan fingerprint density at radius 1 is 0.607 bits per heavy atom. The molecule has 0 saturated carbocycles. The van der Waals surface area contributed by atoms with Crippen LogP contribution in [0, 0.1) is 23.7 Å². The minimum atomic E-state index is -1.01. The van der Waals surface area contributed by atoms with Crippen molar-refractivity contribution in [2.24, 2.45) is 35.1 Å². The maximum atomic E-state index is 11.8. The highest BCUT2D eigenvalue weighted by Gasteiger charge is 2.50. The number of carboxylic acids is 4. The number of nitrogens with one attached hydrogen (secondary N) is 4. The van der Waals surface area contributed by atoms with Gasteiger partial charge < -0.3 is 53.2 Å². The highest BCUT2D eigenvalue weighted by Crippen LogP contribution is 2.45. The first-order chi connectivity index (χ1) is 26.4. The number of hydrogen-bond donors (Lipinski definition) is 10. The van der Waals surface area contributed by atoms with E-state index in [0.29, 0.717) is 30.8 Å². The van der Waals surface area contributed by atoms with Crippen molar-refractivity contribution in [2.75, 3.05) is 11.5 Å². The second kappa shape index (κ2) is 19.3. The van der Waals surface area contributed by atoms with Crippen molar-refractivity contribution in [2.45, 2.75) is 164 Å². The predicted molar refractivity (Wildman–Crippen MR) is 221 cm³/mol. The molecule has 16 heteroatoms. The molecule has 0 aromatic heterocycles. The largest absolute Gasteiger partial charge is 0.481 e. The third-order valence-electron chi connectivity index (χ3n) is 13.9. The van der Waals surface area contributed by atoms with Gasteiger partial charge in [0.1, 0.15) is 12.1 Å². The van der Waals surface area contributed by atoms with E-state index in [4.69, 9.17) is 11.5 Å². The van der Waals surface area contributed by atoms with Gasteiger partial charge in [0.05, 0.1) is 0 Å². The van der Waals surface area contributed by atoms with Gasteiger partial charge in [-0.1, -0.05) is 50.0 Å². The van der Waals surface area contributed by atoms with Crippen LogP contribution in [-0.2, 0) is 19.2 Å². The van der Waals surface area contributed by atoms with E-state index < -0.39 is 36.0 Å². The summed E-state index contributed by atoms with van der Waals surface area (Å²) < 4.78 is 0. The number of rotatable bonds is 16. The number of aliphatic carboxylic acids is 4. The van der Waals surface area contributed by atoms with Gasteiger partial charge in [-0.25, -0.2) is 0 Å². The average Bonchev–Trinajstić information content (AvgIpc) is 3.80. The molecule has 5 heterocycles. The molecule has 0 spiro atoms. The number of thioether (sulfide) groups is 2. The summed E-state index contributed by atoms with van der Waals surface area (Å²) >= 11 is 3.23. The lowest BCUT2D eigenvalue weighted by molar-refractivity contribution is -0.138. The van der Waals surface area contributed by atoms with E-state index in [9.17, 15) is 39.6 Å². The topological polar surface area (TPSA) is 249 Å². The summed E-state index contributed by atoms with van der Waals surface area (Å²) in [6.45, 7) is 13.2. The van der Waals surface area contributed by atoms with Crippen molar-refractivity contribution in [3.05, 3.63) is 22.3 Å². The number of fused-ring (bicyclic) bond motifs is 8. The van der Waals surface area contributed by atoms with Crippen LogP contribution < -0.4 is 32.7 Å². The molecule has 0 aromatic rings. The molecule has 56 heavy (non-hydrogen) atoms. The molecule has 0 radical (unpaired) electrons. The summed E-state index contributed by atoms with van der Waals surface area (Å²) in [7, 11) is 0. The van der Waals surface area contributed by atoms with Gasteiger partial charge in [0.2, 0.25) is 0 Å². The van der Waals surface area contributed by atoms with Crippen molar-refractivity contribution in [3.8, 4) is 0 Å². The van der Waals surface area contributed by atoms with Gasteiger partial charge in [0, 0.05) is 83.2 Å². The quantitative estimate of drug-likeness (QED) is 0.101. The van der Waals surface area contributed by atoms with E-state index in [2.05, 4.69) is 62.8 Å². The zero-order valence-corrected chi connectivity index (χ0v) is 35.3. The molecular weight excluding hydrogens is 757 g/mol. The van der Waals surface area contributed by atoms with Crippen LogP contribution in [0.1, 0.15) is 92.9 Å². The first kappa shape index (κ1) is 44.9. The second-order valence-corrected chi connectivity index (χ2v) is 20.1. The highest BCUT2D eigenvalue weighted by atomic mass is 32.2. The van der Waals surface area contributed by atoms with Gasteiger partial charge in [-0.05, 0) is 76.0 Å². The van der Waals surface area contributed by atoms with Crippen LogP contribution in [0.3, 0.4) is 0 Å². The lowest BCUT2D eigenvalue weighted by atomic mass is 9.79. The normalized spacial score (nSPS) is 36.7. The van der Waals surface area contributed by atoms with Crippen LogP contribution in [0.5, 0.6) is 0 Å². The van der Waals surface area contributed by atoms with Crippen LogP contribution in [0.25, 0.3) is 0 Å². The first-order valence-electron chi connectivity index (χ1n) is 20.4. The van der Waals surface area contributed by atoms with Gasteiger partial charge in [0.25, 0.3) is 0 Å². The van der Waals surface area contributed by atoms with Crippen LogP contribution in [0.2, 0.25) is 0 Å². The molecule has 16 atom stereocenters. The molecule has 0 aromatic carbocycles. The Hall–Kier alpha value is -2.18. The summed E-state index contributed by atoms with van der Waals surface area (Å²) in [5.41, 5.74) is 16.6. The number of carbonyl (C=O) groups is 4. The van der Waals surface area contributed by atoms with Crippen LogP contribution >= 0.6 is 23.5 Å². The van der Waals surface area contributed by atoms with Crippen molar-refractivity contribution < 1.29 is 39.6 Å². The van der Waals surface area contributed by atoms with E-state index in [1.807, 2.05) is 0 Å². The molecule has 16 unspecified atom stereocenters. The Morgan fingerprint density at radius 2 is 0.982 bits per heavy atom. The molecular formula is C40H66N6O8S2. The summed E-state index contributed by atoms with van der Waals surface area (Å²) in [6, 6.07) is -1.45. The van der Waals surface area contributed by atoms with Crippen molar-refractivity contribution in [1.29, 1.82) is 0 Å². The van der Waals surface area contributed by atoms with Crippen molar-refractivity contribution >= 4 is 47.4 Å². The molecule has 5 rings (SSSR count). The monoisotopic (exact) mass is 822 g/mol. The zero-order chi connectivity index (χ0) is 41.2. The van der Waals surface area contributed by atoms with Crippen LogP contribution in [0.15, 0.2) is 22.3 Å². The molecule has 5 aliphatic rings. The van der Waals surface area contributed by atoms with Gasteiger partial charge in [-0.3, -0.25) is 19.2 Å². The molecule has 316 valence electrons. The molecule has 14 nitrogen and oxygen atoms in total. The SMILES string of the molecule is CC1=C(CCC(=O)O)C2CC3NC(CC4NC(CC5NC(CC1N2)C(C)C5C(C)SCC(N)C(=O)O)C(C)C4C(C)SCC(N)C(=O)O)C(C)=C3CCC(=O)O. The van der Waals surface area contributed by atoms with E-state index >= 15 is 0 Å². The third kappa shape index (κ3) is 10.3. The Kier molecular flexibility index (Phi) is 15.4. The maximum Gasteiger partial charge on any atom is 0.321 e. The smallest absolute Gasteiger partial charge is 0.321 e. The number of carboxylic acid groups (broad SMARTS) is 4. The summed E-state index contributed by atoms with van der Waals surface area (Å²) in [6.07, 6.45) is 4.10. The standard InChI is InChI=1S/C40H66N6O8S2/c1-17-23(7-9-35(47)48)31-14-32-24(8-10-36(49)50)18(2)28(44-32)12-33-38(22(6)56-16-26(42)40(53)54)20(4)30(46-33)13-34-37(21(5)55-15-25(41)39(51)52)19(3)29(45-34)11-27(17)43-31/h19-22,25-34,37-38,43-46H,7-16,41-42H2,1-6H3,(H,47,48)(H,49,50)(H,51,52)(H,53,54). The Bertz CT molecular complexity index is 1530. The number of nitrogens with two attached hydrogens (primary N) is 2. The fourth-order valence-electron chi connectivity index (χ4n) is 10.8. The molecule has 0 aliphatic carbocycles. The van der Waals surface area contributed by atoms with E-state index in [1.54, 1.807) is 23.5 Å². The van der Waals surface area contributed by atoms with Crippen molar-refractivity contribution in [3.63, 3.8) is 0 Å². The minimum absolute atomic E-state index is 0.00231. The summed E-state index contributed by atoms with van der Waals surface area (Å²) in [5, 5.41) is 54.8. The maximum absolute atomic E-state index is 11.8. The third-order valence-corrected chi connectivity index (χ3v) is 16.7. The lowest BCUT2D eigenvalue weighted by Gasteiger charge is -2.32. The van der Waals surface area contributed by atoms with Crippen LogP contribution in [-0.4, -0.2) is 127 Å². The minimum Gasteiger partial charge on any atom is -0.481 e. The molecule has 8 bridgehead atoms. The fourth-order valence-corrected chi connectivity index (χ4v) is 13.5. The molecule has 0 amide bonds. The lowest BCUT2D eigenvalue weighted by Crippen LogP contribution is -2.46. The molecule has 12 N–H and O–H groups in total. The average molecular weight is 823 g/mol. The van der Waals surface area contributed by atoms with Gasteiger partial charge in [-0.15, -0.1) is 0 Å². The van der Waals surface area contributed by atoms with Crippen LogP contribution in [0.4, 0.5) is 0 Å². The van der Waals surface area contributed by atoms with E-state index in [0.717, 1.165) is 30.4 Å². The Labute approximate surface area is 340 Å². The Morgan fingerprint density at radius 3 is 1.38 bits per heavy atom. The molecule has 5 aliphatic heterocycles. The summed E-state index contributed by atoms with van der Waals surface area (Å²) in [5.74, 6) is -2.09. The van der Waals surface area contributed by atoms with E-state index in [1.165, 1.54) is 11.1 Å². The van der Waals surface area contributed by atoms with Gasteiger partial charge in [0.15, 0.2) is 0 Å². The van der Waals surface area contributed by atoms with E-state index in [-0.39, 0.29) is 95.3 Å². The molecule has 3 fully saturated rings. The molecule has 3 saturated heterocycles.